The molecule has 0 spiro atoms. The predicted octanol–water partition coefficient (Wildman–Crippen LogP) is 0.844. The standard InChI is InChI=1S/C14H14N2O2/c17-13-12-7-4-8-16(12)14(18)11(15-13)9-10-5-2-1-3-6-10/h1-3,5-7,11H,4,8-9H2,(H,15,17). The molecule has 1 N–H and O–H groups in total. The van der Waals surface area contributed by atoms with Gasteiger partial charge in [0.05, 0.1) is 0 Å². The van der Waals surface area contributed by atoms with Crippen molar-refractivity contribution in [1.29, 1.82) is 0 Å². The molecular weight excluding hydrogens is 228 g/mol. The fourth-order valence-corrected chi connectivity index (χ4v) is 2.48. The monoisotopic (exact) mass is 242 g/mol. The Bertz CT molecular complexity index is 522. The average Bonchev–Trinajstić information content (AvgIpc) is 2.87. The highest BCUT2D eigenvalue weighted by Crippen LogP contribution is 2.21. The molecule has 0 aliphatic carbocycles. The van der Waals surface area contributed by atoms with Gasteiger partial charge in [-0.3, -0.25) is 9.59 Å². The van der Waals surface area contributed by atoms with E-state index in [0.717, 1.165) is 12.0 Å². The van der Waals surface area contributed by atoms with Crippen LogP contribution >= 0.6 is 0 Å². The SMILES string of the molecule is O=C1NC(Cc2ccccc2)C(=O)N2CCC=C12. The van der Waals surface area contributed by atoms with Crippen LogP contribution in [0.1, 0.15) is 12.0 Å². The Balaban J connectivity index is 1.80. The van der Waals surface area contributed by atoms with Crippen molar-refractivity contribution < 1.29 is 9.59 Å². The molecule has 4 heteroatoms. The molecule has 0 aromatic heterocycles. The van der Waals surface area contributed by atoms with Gasteiger partial charge in [0.15, 0.2) is 0 Å². The lowest BCUT2D eigenvalue weighted by atomic mass is 10.0. The quantitative estimate of drug-likeness (QED) is 0.835. The van der Waals surface area contributed by atoms with Gasteiger partial charge in [-0.05, 0) is 12.0 Å². The number of amides is 2. The summed E-state index contributed by atoms with van der Waals surface area (Å²) in [7, 11) is 0. The van der Waals surface area contributed by atoms with Gasteiger partial charge in [-0.1, -0.05) is 36.4 Å². The van der Waals surface area contributed by atoms with Gasteiger partial charge in [0, 0.05) is 13.0 Å². The van der Waals surface area contributed by atoms with Gasteiger partial charge in [-0.2, -0.15) is 0 Å². The second kappa shape index (κ2) is 4.29. The summed E-state index contributed by atoms with van der Waals surface area (Å²) >= 11 is 0. The van der Waals surface area contributed by atoms with Gasteiger partial charge in [0.25, 0.3) is 5.91 Å². The fourth-order valence-electron chi connectivity index (χ4n) is 2.48. The summed E-state index contributed by atoms with van der Waals surface area (Å²) in [6, 6.07) is 9.31. The number of hydrogen-bond donors (Lipinski definition) is 1. The highest BCUT2D eigenvalue weighted by molar-refractivity contribution is 6.05. The van der Waals surface area contributed by atoms with E-state index in [9.17, 15) is 9.59 Å². The molecule has 92 valence electrons. The minimum Gasteiger partial charge on any atom is -0.339 e. The lowest BCUT2D eigenvalue weighted by molar-refractivity contribution is -0.139. The molecule has 0 bridgehead atoms. The van der Waals surface area contributed by atoms with Gasteiger partial charge in [-0.15, -0.1) is 0 Å². The lowest BCUT2D eigenvalue weighted by Crippen LogP contribution is -2.56. The summed E-state index contributed by atoms with van der Waals surface area (Å²) in [4.78, 5) is 25.7. The second-order valence-electron chi connectivity index (χ2n) is 4.58. The summed E-state index contributed by atoms with van der Waals surface area (Å²) in [5.74, 6) is -0.129. The molecule has 2 aliphatic rings. The van der Waals surface area contributed by atoms with Crippen molar-refractivity contribution in [3.63, 3.8) is 0 Å². The number of carbonyl (C=O) groups excluding carboxylic acids is 2. The first-order chi connectivity index (χ1) is 8.75. The summed E-state index contributed by atoms with van der Waals surface area (Å²) in [5, 5.41) is 2.79. The largest absolute Gasteiger partial charge is 0.339 e. The molecule has 0 saturated carbocycles. The number of hydrogen-bond acceptors (Lipinski definition) is 2. The number of nitrogens with zero attached hydrogens (tertiary/aromatic N) is 1. The topological polar surface area (TPSA) is 49.4 Å². The lowest BCUT2D eigenvalue weighted by Gasteiger charge is -2.31. The van der Waals surface area contributed by atoms with E-state index in [-0.39, 0.29) is 11.8 Å². The van der Waals surface area contributed by atoms with Crippen molar-refractivity contribution in [2.45, 2.75) is 18.9 Å². The van der Waals surface area contributed by atoms with Crippen LogP contribution in [-0.4, -0.2) is 29.3 Å². The molecule has 3 rings (SSSR count). The van der Waals surface area contributed by atoms with Crippen molar-refractivity contribution in [3.8, 4) is 0 Å². The molecule has 1 saturated heterocycles. The van der Waals surface area contributed by atoms with E-state index in [1.54, 1.807) is 4.90 Å². The van der Waals surface area contributed by atoms with Crippen LogP contribution in [0.4, 0.5) is 0 Å². The smallest absolute Gasteiger partial charge is 0.268 e. The van der Waals surface area contributed by atoms with Crippen LogP contribution in [0.25, 0.3) is 0 Å². The van der Waals surface area contributed by atoms with Gasteiger partial charge in [0.2, 0.25) is 5.91 Å². The van der Waals surface area contributed by atoms with Gasteiger partial charge >= 0.3 is 0 Å². The maximum Gasteiger partial charge on any atom is 0.268 e. The molecule has 18 heavy (non-hydrogen) atoms. The molecule has 1 fully saturated rings. The third-order valence-corrected chi connectivity index (χ3v) is 3.37. The van der Waals surface area contributed by atoms with Crippen LogP contribution < -0.4 is 5.32 Å². The van der Waals surface area contributed by atoms with Crippen molar-refractivity contribution in [2.24, 2.45) is 0 Å². The third kappa shape index (κ3) is 1.79. The molecule has 2 amide bonds. The average molecular weight is 242 g/mol. The number of piperazine rings is 1. The summed E-state index contributed by atoms with van der Waals surface area (Å²) < 4.78 is 0. The Morgan fingerprint density at radius 1 is 1.22 bits per heavy atom. The Kier molecular flexibility index (Phi) is 2.63. The predicted molar refractivity (Wildman–Crippen MR) is 66.5 cm³/mol. The molecular formula is C14H14N2O2. The first-order valence-corrected chi connectivity index (χ1v) is 6.12. The molecule has 2 heterocycles. The highest BCUT2D eigenvalue weighted by Gasteiger charge is 2.38. The minimum atomic E-state index is -0.435. The van der Waals surface area contributed by atoms with E-state index < -0.39 is 6.04 Å². The zero-order valence-electron chi connectivity index (χ0n) is 9.93. The molecule has 1 aromatic carbocycles. The van der Waals surface area contributed by atoms with Crippen LogP contribution in [0.15, 0.2) is 42.1 Å². The van der Waals surface area contributed by atoms with Crippen LogP contribution in [-0.2, 0) is 16.0 Å². The van der Waals surface area contributed by atoms with Crippen LogP contribution in [0, 0.1) is 0 Å². The van der Waals surface area contributed by atoms with E-state index in [0.29, 0.717) is 18.7 Å². The Morgan fingerprint density at radius 2 is 2.00 bits per heavy atom. The van der Waals surface area contributed by atoms with Crippen LogP contribution in [0.2, 0.25) is 0 Å². The molecule has 1 atom stereocenters. The van der Waals surface area contributed by atoms with E-state index in [2.05, 4.69) is 5.32 Å². The van der Waals surface area contributed by atoms with Crippen molar-refractivity contribution >= 4 is 11.8 Å². The number of rotatable bonds is 2. The number of fused-ring (bicyclic) bond motifs is 1. The normalized spacial score (nSPS) is 22.6. The number of benzene rings is 1. The summed E-state index contributed by atoms with van der Waals surface area (Å²) in [6.45, 7) is 0.632. The highest BCUT2D eigenvalue weighted by atomic mass is 16.2. The van der Waals surface area contributed by atoms with Crippen molar-refractivity contribution in [1.82, 2.24) is 10.2 Å². The first-order valence-electron chi connectivity index (χ1n) is 6.12. The van der Waals surface area contributed by atoms with Gasteiger partial charge < -0.3 is 10.2 Å². The van der Waals surface area contributed by atoms with Crippen LogP contribution in [0.3, 0.4) is 0 Å². The number of nitrogens with one attached hydrogen (secondary N) is 1. The molecule has 2 aliphatic heterocycles. The molecule has 0 radical (unpaired) electrons. The summed E-state index contributed by atoms with van der Waals surface area (Å²) in [5.41, 5.74) is 1.58. The Hall–Kier alpha value is -2.10. The van der Waals surface area contributed by atoms with Gasteiger partial charge in [0.1, 0.15) is 11.7 Å². The molecule has 4 nitrogen and oxygen atoms in total. The molecule has 1 unspecified atom stereocenters. The van der Waals surface area contributed by atoms with Crippen molar-refractivity contribution in [2.75, 3.05) is 6.54 Å². The fraction of sp³-hybridized carbons (Fsp3) is 0.286. The molecule has 1 aromatic rings. The van der Waals surface area contributed by atoms with E-state index in [1.807, 2.05) is 36.4 Å². The van der Waals surface area contributed by atoms with E-state index in [4.69, 9.17) is 0 Å². The first kappa shape index (κ1) is 11.0. The van der Waals surface area contributed by atoms with E-state index >= 15 is 0 Å². The zero-order valence-corrected chi connectivity index (χ0v) is 9.93. The minimum absolute atomic E-state index is 0.00204. The van der Waals surface area contributed by atoms with E-state index in [1.165, 1.54) is 0 Å². The second-order valence-corrected chi connectivity index (χ2v) is 4.58. The zero-order chi connectivity index (χ0) is 12.5. The Morgan fingerprint density at radius 3 is 2.78 bits per heavy atom. The maximum absolute atomic E-state index is 12.2. The van der Waals surface area contributed by atoms with Crippen LogP contribution in [0.5, 0.6) is 0 Å². The Labute approximate surface area is 105 Å². The third-order valence-electron chi connectivity index (χ3n) is 3.37. The van der Waals surface area contributed by atoms with Gasteiger partial charge in [-0.25, -0.2) is 0 Å². The number of carbonyl (C=O) groups is 2. The van der Waals surface area contributed by atoms with Crippen molar-refractivity contribution in [3.05, 3.63) is 47.7 Å². The maximum atomic E-state index is 12.2. The summed E-state index contributed by atoms with van der Waals surface area (Å²) in [6.07, 6.45) is 3.15.